The van der Waals surface area contributed by atoms with Gasteiger partial charge in [0.15, 0.2) is 6.73 Å². The minimum absolute atomic E-state index is 0.536. The van der Waals surface area contributed by atoms with Gasteiger partial charge in [-0.3, -0.25) is 0 Å². The van der Waals surface area contributed by atoms with Gasteiger partial charge in [-0.2, -0.15) is 0 Å². The highest BCUT2D eigenvalue weighted by Gasteiger charge is 2.19. The van der Waals surface area contributed by atoms with Gasteiger partial charge in [-0.1, -0.05) is 11.6 Å². The molecule has 2 aromatic carbocycles. The molecule has 0 aromatic heterocycles. The molecule has 0 aliphatic carbocycles. The number of nitrogens with zero attached hydrogens (tertiary/aromatic N) is 1. The van der Waals surface area contributed by atoms with Gasteiger partial charge < -0.3 is 9.64 Å². The average molecular weight is 498 g/mol. The summed E-state index contributed by atoms with van der Waals surface area (Å²) in [7, 11) is 0. The van der Waals surface area contributed by atoms with E-state index in [2.05, 4.69) is 68.3 Å². The Kier molecular flexibility index (Phi) is 4.09. The van der Waals surface area contributed by atoms with Crippen LogP contribution in [0.4, 0.5) is 5.69 Å². The van der Waals surface area contributed by atoms with E-state index in [4.69, 9.17) is 16.3 Å². The molecule has 1 aliphatic heterocycles. The predicted octanol–water partition coefficient (Wildman–Crippen LogP) is 4.91. The lowest BCUT2D eigenvalue weighted by Crippen LogP contribution is -2.32. The van der Waals surface area contributed by atoms with Crippen molar-refractivity contribution in [3.8, 4) is 5.75 Å². The lowest BCUT2D eigenvalue weighted by Gasteiger charge is -2.31. The summed E-state index contributed by atoms with van der Waals surface area (Å²) < 4.78 is 8.15. The Morgan fingerprint density at radius 1 is 1.05 bits per heavy atom. The topological polar surface area (TPSA) is 12.5 Å². The largest absolute Gasteiger partial charge is 0.473 e. The Bertz CT molecular complexity index is 633. The number of rotatable bonds is 1. The number of ether oxygens (including phenoxy) is 1. The minimum atomic E-state index is 0.536. The van der Waals surface area contributed by atoms with Crippen LogP contribution in [0.15, 0.2) is 36.4 Å². The molecule has 0 unspecified atom stereocenters. The molecule has 3 rings (SSSR count). The van der Waals surface area contributed by atoms with E-state index in [0.29, 0.717) is 6.73 Å². The molecule has 0 radical (unpaired) electrons. The minimum Gasteiger partial charge on any atom is -0.473 e. The van der Waals surface area contributed by atoms with Crippen LogP contribution in [0.5, 0.6) is 5.75 Å². The Labute approximate surface area is 144 Å². The molecule has 1 heterocycles. The van der Waals surface area contributed by atoms with Crippen LogP contribution < -0.4 is 9.64 Å². The maximum absolute atomic E-state index is 6.32. The molecular weight excluding hydrogens is 487 g/mol. The zero-order valence-electron chi connectivity index (χ0n) is 9.87. The normalized spacial score (nSPS) is 13.9. The molecule has 0 bridgehead atoms. The van der Waals surface area contributed by atoms with Crippen molar-refractivity contribution < 1.29 is 4.74 Å². The third-order valence-electron chi connectivity index (χ3n) is 3.01. The lowest BCUT2D eigenvalue weighted by atomic mass is 10.1. The van der Waals surface area contributed by atoms with Crippen LogP contribution in [-0.4, -0.2) is 6.73 Å². The summed E-state index contributed by atoms with van der Waals surface area (Å²) >= 11 is 10.9. The SMILES string of the molecule is Clc1cc(I)ccc1N1COc2ccc(I)cc2C1. The Morgan fingerprint density at radius 2 is 1.79 bits per heavy atom. The van der Waals surface area contributed by atoms with Crippen LogP contribution in [0.3, 0.4) is 0 Å². The van der Waals surface area contributed by atoms with Gasteiger partial charge >= 0.3 is 0 Å². The predicted molar refractivity (Wildman–Crippen MR) is 95.0 cm³/mol. The summed E-state index contributed by atoms with van der Waals surface area (Å²) in [5.74, 6) is 0.971. The molecule has 2 aromatic rings. The molecule has 0 saturated heterocycles. The highest BCUT2D eigenvalue weighted by Crippen LogP contribution is 2.33. The van der Waals surface area contributed by atoms with Gasteiger partial charge in [0.25, 0.3) is 0 Å². The van der Waals surface area contributed by atoms with E-state index in [1.54, 1.807) is 0 Å². The van der Waals surface area contributed by atoms with Crippen LogP contribution in [0, 0.1) is 7.14 Å². The fourth-order valence-electron chi connectivity index (χ4n) is 2.10. The molecule has 1 aliphatic rings. The van der Waals surface area contributed by atoms with Crippen molar-refractivity contribution in [2.75, 3.05) is 11.6 Å². The average Bonchev–Trinajstić information content (AvgIpc) is 2.38. The second kappa shape index (κ2) is 5.65. The number of benzene rings is 2. The molecular formula is C14H10ClI2NO. The summed E-state index contributed by atoms with van der Waals surface area (Å²) in [6.45, 7) is 1.36. The molecule has 98 valence electrons. The smallest absolute Gasteiger partial charge is 0.161 e. The van der Waals surface area contributed by atoms with E-state index in [1.165, 1.54) is 9.13 Å². The first kappa shape index (κ1) is 13.8. The highest BCUT2D eigenvalue weighted by atomic mass is 127. The maximum atomic E-state index is 6.32. The number of halogens is 3. The molecule has 0 fully saturated rings. The monoisotopic (exact) mass is 497 g/mol. The molecule has 2 nitrogen and oxygen atoms in total. The number of anilines is 1. The van der Waals surface area contributed by atoms with Crippen molar-refractivity contribution >= 4 is 62.5 Å². The van der Waals surface area contributed by atoms with Crippen LogP contribution >= 0.6 is 56.8 Å². The Morgan fingerprint density at radius 3 is 2.58 bits per heavy atom. The third-order valence-corrected chi connectivity index (χ3v) is 4.65. The quantitative estimate of drug-likeness (QED) is 0.520. The third kappa shape index (κ3) is 2.95. The van der Waals surface area contributed by atoms with E-state index in [-0.39, 0.29) is 0 Å². The van der Waals surface area contributed by atoms with Crippen molar-refractivity contribution in [3.05, 3.63) is 54.1 Å². The van der Waals surface area contributed by atoms with Crippen molar-refractivity contribution in [2.45, 2.75) is 6.54 Å². The Balaban J connectivity index is 1.93. The van der Waals surface area contributed by atoms with Crippen molar-refractivity contribution in [1.82, 2.24) is 0 Å². The molecule has 0 atom stereocenters. The summed E-state index contributed by atoms with van der Waals surface area (Å²) in [6, 6.07) is 12.3. The lowest BCUT2D eigenvalue weighted by molar-refractivity contribution is 0.289. The summed E-state index contributed by atoms with van der Waals surface area (Å²) in [5.41, 5.74) is 2.22. The second-order valence-electron chi connectivity index (χ2n) is 4.32. The van der Waals surface area contributed by atoms with Crippen LogP contribution in [0.1, 0.15) is 5.56 Å². The van der Waals surface area contributed by atoms with Gasteiger partial charge in [0.2, 0.25) is 0 Å². The number of hydrogen-bond donors (Lipinski definition) is 0. The summed E-state index contributed by atoms with van der Waals surface area (Å²) in [6.07, 6.45) is 0. The zero-order chi connectivity index (χ0) is 13.4. The fraction of sp³-hybridized carbons (Fsp3) is 0.143. The standard InChI is InChI=1S/C14H10ClI2NO/c15-12-6-11(17)1-3-13(12)18-7-9-5-10(16)2-4-14(9)19-8-18/h1-6H,7-8H2. The number of hydrogen-bond acceptors (Lipinski definition) is 2. The fourth-order valence-corrected chi connectivity index (χ4v) is 3.63. The maximum Gasteiger partial charge on any atom is 0.161 e. The van der Waals surface area contributed by atoms with E-state index in [1.807, 2.05) is 18.2 Å². The highest BCUT2D eigenvalue weighted by molar-refractivity contribution is 14.1. The van der Waals surface area contributed by atoms with Gasteiger partial charge in [0.05, 0.1) is 10.7 Å². The van der Waals surface area contributed by atoms with Gasteiger partial charge in [-0.25, -0.2) is 0 Å². The van der Waals surface area contributed by atoms with E-state index in [9.17, 15) is 0 Å². The van der Waals surface area contributed by atoms with Gasteiger partial charge in [-0.15, -0.1) is 0 Å². The first-order valence-electron chi connectivity index (χ1n) is 5.75. The van der Waals surface area contributed by atoms with E-state index < -0.39 is 0 Å². The van der Waals surface area contributed by atoms with Crippen molar-refractivity contribution in [3.63, 3.8) is 0 Å². The van der Waals surface area contributed by atoms with Crippen molar-refractivity contribution in [2.24, 2.45) is 0 Å². The van der Waals surface area contributed by atoms with E-state index in [0.717, 1.165) is 26.6 Å². The van der Waals surface area contributed by atoms with Gasteiger partial charge in [0, 0.05) is 19.2 Å². The van der Waals surface area contributed by atoms with E-state index >= 15 is 0 Å². The molecule has 0 spiro atoms. The van der Waals surface area contributed by atoms with Crippen LogP contribution in [0.2, 0.25) is 5.02 Å². The molecule has 19 heavy (non-hydrogen) atoms. The molecule has 0 amide bonds. The second-order valence-corrected chi connectivity index (χ2v) is 7.22. The molecule has 5 heteroatoms. The first-order valence-corrected chi connectivity index (χ1v) is 8.28. The zero-order valence-corrected chi connectivity index (χ0v) is 14.9. The molecule has 0 N–H and O–H groups in total. The first-order chi connectivity index (χ1) is 9.13. The summed E-state index contributed by atoms with van der Waals surface area (Å²) in [4.78, 5) is 2.15. The van der Waals surface area contributed by atoms with Gasteiger partial charge in [-0.05, 0) is 81.6 Å². The van der Waals surface area contributed by atoms with Crippen LogP contribution in [0.25, 0.3) is 0 Å². The summed E-state index contributed by atoms with van der Waals surface area (Å²) in [5, 5.41) is 0.768. The number of fused-ring (bicyclic) bond motifs is 1. The molecule has 0 saturated carbocycles. The Hall–Kier alpha value is -0.210. The van der Waals surface area contributed by atoms with Gasteiger partial charge in [0.1, 0.15) is 5.75 Å². The van der Waals surface area contributed by atoms with Crippen molar-refractivity contribution in [1.29, 1.82) is 0 Å². The van der Waals surface area contributed by atoms with Crippen LogP contribution in [-0.2, 0) is 6.54 Å².